The van der Waals surface area contributed by atoms with Crippen LogP contribution in [0.15, 0.2) is 18.2 Å². The highest BCUT2D eigenvalue weighted by molar-refractivity contribution is 6.32. The van der Waals surface area contributed by atoms with Crippen LogP contribution in [0.3, 0.4) is 0 Å². The summed E-state index contributed by atoms with van der Waals surface area (Å²) in [6, 6.07) is 4.13. The van der Waals surface area contributed by atoms with Crippen molar-refractivity contribution >= 4 is 23.9 Å². The number of esters is 1. The molecule has 1 rings (SSSR count). The van der Waals surface area contributed by atoms with Gasteiger partial charge < -0.3 is 14.9 Å². The molecular weight excluding hydrogens is 260 g/mol. The first-order valence-corrected chi connectivity index (χ1v) is 5.66. The van der Waals surface area contributed by atoms with Gasteiger partial charge in [-0.05, 0) is 24.6 Å². The lowest BCUT2D eigenvalue weighted by Gasteiger charge is -2.17. The molecule has 0 saturated heterocycles. The minimum Gasteiger partial charge on any atom is -0.464 e. The Morgan fingerprint density at radius 2 is 2.17 bits per heavy atom. The van der Waals surface area contributed by atoms with E-state index >= 15 is 0 Å². The maximum atomic E-state index is 11.3. The van der Waals surface area contributed by atoms with Crippen LogP contribution in [0.25, 0.3) is 0 Å². The molecule has 0 fully saturated rings. The van der Waals surface area contributed by atoms with Crippen LogP contribution in [0.2, 0.25) is 5.02 Å². The van der Waals surface area contributed by atoms with Gasteiger partial charge in [-0.3, -0.25) is 4.79 Å². The fourth-order valence-corrected chi connectivity index (χ4v) is 1.54. The quantitative estimate of drug-likeness (QED) is 0.620. The van der Waals surface area contributed by atoms with Gasteiger partial charge >= 0.3 is 5.97 Å². The fourth-order valence-electron chi connectivity index (χ4n) is 1.38. The fraction of sp³-hybridized carbons (Fsp3) is 0.333. The van der Waals surface area contributed by atoms with Crippen molar-refractivity contribution in [2.75, 3.05) is 6.61 Å². The van der Waals surface area contributed by atoms with Crippen molar-refractivity contribution in [2.24, 2.45) is 0 Å². The van der Waals surface area contributed by atoms with Gasteiger partial charge in [0.25, 0.3) is 0 Å². The zero-order valence-electron chi connectivity index (χ0n) is 9.67. The zero-order valence-corrected chi connectivity index (χ0v) is 10.4. The molecular formula is C12H13ClO5. The topological polar surface area (TPSA) is 83.8 Å². The summed E-state index contributed by atoms with van der Waals surface area (Å²) in [6.07, 6.45) is -2.65. The van der Waals surface area contributed by atoms with E-state index in [1.165, 1.54) is 18.2 Å². The Labute approximate surface area is 109 Å². The first-order valence-electron chi connectivity index (χ1n) is 5.28. The van der Waals surface area contributed by atoms with Crippen LogP contribution in [0.5, 0.6) is 0 Å². The van der Waals surface area contributed by atoms with Crippen LogP contribution in [0, 0.1) is 0 Å². The van der Waals surface area contributed by atoms with Gasteiger partial charge in [0.2, 0.25) is 0 Å². The smallest absolute Gasteiger partial charge is 0.338 e. The van der Waals surface area contributed by atoms with E-state index in [0.29, 0.717) is 6.29 Å². The van der Waals surface area contributed by atoms with Gasteiger partial charge in [-0.25, -0.2) is 4.79 Å². The Morgan fingerprint density at radius 3 is 2.72 bits per heavy atom. The van der Waals surface area contributed by atoms with Crippen molar-refractivity contribution in [3.63, 3.8) is 0 Å². The molecule has 98 valence electrons. The van der Waals surface area contributed by atoms with E-state index in [0.717, 1.165) is 0 Å². The molecule has 0 amide bonds. The lowest BCUT2D eigenvalue weighted by atomic mass is 10.0. The maximum Gasteiger partial charge on any atom is 0.338 e. The molecule has 6 heteroatoms. The third-order valence-corrected chi connectivity index (χ3v) is 2.66. The number of rotatable bonds is 5. The average Bonchev–Trinajstić information content (AvgIpc) is 2.38. The molecule has 1 aromatic rings. The largest absolute Gasteiger partial charge is 0.464 e. The van der Waals surface area contributed by atoms with Gasteiger partial charge in [0.05, 0.1) is 11.6 Å². The standard InChI is InChI=1S/C12H13ClO5/c1-2-18-12(17)11(16)10(15)7-3-4-9(13)8(5-7)6-14/h3-6,10-11,15-16H,2H2,1H3. The normalized spacial score (nSPS) is 13.8. The summed E-state index contributed by atoms with van der Waals surface area (Å²) in [7, 11) is 0. The number of aldehydes is 1. The number of benzene rings is 1. The third kappa shape index (κ3) is 3.29. The average molecular weight is 273 g/mol. The molecule has 0 aliphatic carbocycles. The van der Waals surface area contributed by atoms with Crippen LogP contribution < -0.4 is 0 Å². The Kier molecular flexibility index (Phi) is 5.27. The van der Waals surface area contributed by atoms with E-state index < -0.39 is 18.2 Å². The van der Waals surface area contributed by atoms with E-state index in [-0.39, 0.29) is 22.8 Å². The first kappa shape index (κ1) is 14.6. The van der Waals surface area contributed by atoms with Gasteiger partial charge in [-0.15, -0.1) is 0 Å². The molecule has 2 N–H and O–H groups in total. The predicted molar refractivity (Wildman–Crippen MR) is 64.4 cm³/mol. The summed E-state index contributed by atoms with van der Waals surface area (Å²) >= 11 is 5.73. The molecule has 0 radical (unpaired) electrons. The van der Waals surface area contributed by atoms with E-state index in [9.17, 15) is 19.8 Å². The zero-order chi connectivity index (χ0) is 13.7. The van der Waals surface area contributed by atoms with Gasteiger partial charge in [0.15, 0.2) is 12.4 Å². The van der Waals surface area contributed by atoms with Gasteiger partial charge in [0, 0.05) is 5.56 Å². The van der Waals surface area contributed by atoms with Crippen LogP contribution >= 0.6 is 11.6 Å². The van der Waals surface area contributed by atoms with Crippen LogP contribution in [0.4, 0.5) is 0 Å². The monoisotopic (exact) mass is 272 g/mol. The highest BCUT2D eigenvalue weighted by Crippen LogP contribution is 2.23. The number of aliphatic hydroxyl groups excluding tert-OH is 2. The Hall–Kier alpha value is -1.43. The van der Waals surface area contributed by atoms with Crippen LogP contribution in [0.1, 0.15) is 28.9 Å². The highest BCUT2D eigenvalue weighted by atomic mass is 35.5. The Balaban J connectivity index is 2.92. The van der Waals surface area contributed by atoms with E-state index in [1.807, 2.05) is 0 Å². The molecule has 0 spiro atoms. The Morgan fingerprint density at radius 1 is 1.50 bits per heavy atom. The maximum absolute atomic E-state index is 11.3. The van der Waals surface area contributed by atoms with Gasteiger partial charge in [-0.1, -0.05) is 17.7 Å². The number of carbonyl (C=O) groups is 2. The summed E-state index contributed by atoms with van der Waals surface area (Å²) in [5, 5.41) is 19.6. The molecule has 18 heavy (non-hydrogen) atoms. The SMILES string of the molecule is CCOC(=O)C(O)C(O)c1ccc(Cl)c(C=O)c1. The summed E-state index contributed by atoms with van der Waals surface area (Å²) in [5.41, 5.74) is 0.381. The summed E-state index contributed by atoms with van der Waals surface area (Å²) in [4.78, 5) is 21.9. The van der Waals surface area contributed by atoms with Crippen molar-refractivity contribution in [3.05, 3.63) is 34.3 Å². The lowest BCUT2D eigenvalue weighted by Crippen LogP contribution is -2.29. The van der Waals surface area contributed by atoms with Gasteiger partial charge in [0.1, 0.15) is 6.10 Å². The molecule has 0 saturated carbocycles. The molecule has 2 unspecified atom stereocenters. The van der Waals surface area contributed by atoms with Crippen molar-refractivity contribution in [3.8, 4) is 0 Å². The number of hydrogen-bond acceptors (Lipinski definition) is 5. The number of ether oxygens (including phenoxy) is 1. The van der Waals surface area contributed by atoms with Crippen molar-refractivity contribution in [2.45, 2.75) is 19.1 Å². The molecule has 2 atom stereocenters. The molecule has 0 bridgehead atoms. The first-order chi connectivity index (χ1) is 8.51. The van der Waals surface area contributed by atoms with Crippen LogP contribution in [-0.2, 0) is 9.53 Å². The summed E-state index contributed by atoms with van der Waals surface area (Å²) in [6.45, 7) is 1.69. The van der Waals surface area contributed by atoms with Crippen molar-refractivity contribution < 1.29 is 24.5 Å². The third-order valence-electron chi connectivity index (χ3n) is 2.32. The second-order valence-corrected chi connectivity index (χ2v) is 3.95. The van der Waals surface area contributed by atoms with Gasteiger partial charge in [-0.2, -0.15) is 0 Å². The van der Waals surface area contributed by atoms with Crippen molar-refractivity contribution in [1.82, 2.24) is 0 Å². The summed E-state index contributed by atoms with van der Waals surface area (Å²) < 4.78 is 4.58. The molecule has 0 aliphatic rings. The van der Waals surface area contributed by atoms with E-state index in [4.69, 9.17) is 11.6 Å². The molecule has 0 aliphatic heterocycles. The lowest BCUT2D eigenvalue weighted by molar-refractivity contribution is -0.159. The van der Waals surface area contributed by atoms with Crippen molar-refractivity contribution in [1.29, 1.82) is 0 Å². The van der Waals surface area contributed by atoms with E-state index in [1.54, 1.807) is 6.92 Å². The molecule has 5 nitrogen and oxygen atoms in total. The Bertz CT molecular complexity index is 446. The molecule has 0 aromatic heterocycles. The minimum atomic E-state index is -1.70. The predicted octanol–water partition coefficient (Wildman–Crippen LogP) is 1.11. The summed E-state index contributed by atoms with van der Waals surface area (Å²) in [5.74, 6) is -0.924. The molecule has 1 aromatic carbocycles. The second kappa shape index (κ2) is 6.49. The number of hydrogen-bond donors (Lipinski definition) is 2. The minimum absolute atomic E-state index is 0.100. The second-order valence-electron chi connectivity index (χ2n) is 3.54. The number of aliphatic hydroxyl groups is 2. The van der Waals surface area contributed by atoms with Crippen LogP contribution in [-0.4, -0.2) is 35.2 Å². The molecule has 0 heterocycles. The highest BCUT2D eigenvalue weighted by Gasteiger charge is 2.27. The number of halogens is 1. The number of carbonyl (C=O) groups excluding carboxylic acids is 2. The van der Waals surface area contributed by atoms with E-state index in [2.05, 4.69) is 4.74 Å².